The van der Waals surface area contributed by atoms with E-state index in [-0.39, 0.29) is 33.6 Å². The number of guanidine groups is 1. The van der Waals surface area contributed by atoms with Crippen molar-refractivity contribution in [1.82, 2.24) is 10.2 Å². The molecule has 0 fully saturated rings. The summed E-state index contributed by atoms with van der Waals surface area (Å²) in [5.41, 5.74) is 3.87. The van der Waals surface area contributed by atoms with Gasteiger partial charge in [0.2, 0.25) is 5.96 Å². The van der Waals surface area contributed by atoms with Gasteiger partial charge in [-0.2, -0.15) is 18.4 Å². The molecule has 0 unspecified atom stereocenters. The number of carbonyl (C=O) groups is 3. The number of rotatable bonds is 6. The lowest BCUT2D eigenvalue weighted by Gasteiger charge is -2.43. The molecular weight excluding hydrogens is 533 g/mol. The number of carbonyl (C=O) groups excluding carboxylic acids is 3. The first-order valence-electron chi connectivity index (χ1n) is 11.7. The molecule has 0 radical (unpaired) electrons. The van der Waals surface area contributed by atoms with Crippen molar-refractivity contribution in [2.24, 2.45) is 5.73 Å². The molecule has 0 spiro atoms. The summed E-state index contributed by atoms with van der Waals surface area (Å²) in [6.07, 6.45) is -4.72. The third-order valence-electron chi connectivity index (χ3n) is 6.14. The largest absolute Gasteiger partial charge is 0.466 e. The number of methoxy groups -OCH3 is 1. The molecule has 3 rings (SSSR count). The predicted molar refractivity (Wildman–Crippen MR) is 136 cm³/mol. The van der Waals surface area contributed by atoms with Crippen LogP contribution in [-0.2, 0) is 15.7 Å². The zero-order valence-electron chi connectivity index (χ0n) is 21.5. The van der Waals surface area contributed by atoms with Crippen molar-refractivity contribution in [3.05, 3.63) is 76.0 Å². The van der Waals surface area contributed by atoms with Crippen molar-refractivity contribution >= 4 is 29.6 Å². The Balaban J connectivity index is 2.36. The summed E-state index contributed by atoms with van der Waals surface area (Å²) in [5, 5.41) is 30.1. The number of urea groups is 1. The topological polar surface area (TPSA) is 173 Å². The molecule has 40 heavy (non-hydrogen) atoms. The molecule has 3 amide bonds. The summed E-state index contributed by atoms with van der Waals surface area (Å²) in [5.74, 6) is -2.49. The lowest BCUT2D eigenvalue weighted by Crippen LogP contribution is -2.55. The van der Waals surface area contributed by atoms with E-state index in [1.165, 1.54) is 38.1 Å². The van der Waals surface area contributed by atoms with Crippen LogP contribution in [0.5, 0.6) is 0 Å². The SMILES string of the molecule is COC(=O)C1=C(C)N(c2cccc(C(F)(F)F)c2)C(=N)N(C(N)=O)[C@@H]1c1ccc(C#N)cc1C(=O)N[C@H](C)CO. The fourth-order valence-corrected chi connectivity index (χ4v) is 4.28. The number of aliphatic hydroxyl groups excluding tert-OH is 1. The van der Waals surface area contributed by atoms with Crippen molar-refractivity contribution in [3.8, 4) is 6.07 Å². The zero-order chi connectivity index (χ0) is 29.9. The number of benzene rings is 2. The van der Waals surface area contributed by atoms with Crippen LogP contribution in [0.2, 0.25) is 0 Å². The van der Waals surface area contributed by atoms with E-state index in [4.69, 9.17) is 15.9 Å². The van der Waals surface area contributed by atoms with E-state index in [0.717, 1.165) is 30.2 Å². The van der Waals surface area contributed by atoms with Gasteiger partial charge in [0.05, 0.1) is 36.5 Å². The minimum Gasteiger partial charge on any atom is -0.466 e. The van der Waals surface area contributed by atoms with E-state index in [1.807, 2.05) is 6.07 Å². The van der Waals surface area contributed by atoms with E-state index in [1.54, 1.807) is 0 Å². The number of hydrogen-bond acceptors (Lipinski definition) is 7. The summed E-state index contributed by atoms with van der Waals surface area (Å²) in [6.45, 7) is 2.43. The second kappa shape index (κ2) is 11.5. The summed E-state index contributed by atoms with van der Waals surface area (Å²) in [4.78, 5) is 40.7. The first-order chi connectivity index (χ1) is 18.8. The molecule has 1 aliphatic heterocycles. The molecule has 0 aromatic heterocycles. The van der Waals surface area contributed by atoms with Crippen molar-refractivity contribution in [3.63, 3.8) is 0 Å². The Hall–Kier alpha value is -4.90. The fraction of sp³-hybridized carbons (Fsp3) is 0.269. The Labute approximate surface area is 226 Å². The fourth-order valence-electron chi connectivity index (χ4n) is 4.28. The van der Waals surface area contributed by atoms with E-state index in [0.29, 0.717) is 4.90 Å². The molecule has 2 aromatic carbocycles. The number of nitriles is 1. The number of anilines is 1. The van der Waals surface area contributed by atoms with Crippen molar-refractivity contribution in [1.29, 1.82) is 10.7 Å². The number of halogens is 3. The zero-order valence-corrected chi connectivity index (χ0v) is 21.5. The van der Waals surface area contributed by atoms with Gasteiger partial charge in [-0.1, -0.05) is 12.1 Å². The van der Waals surface area contributed by atoms with Crippen LogP contribution in [0.25, 0.3) is 0 Å². The number of hydrogen-bond donors (Lipinski definition) is 4. The maximum absolute atomic E-state index is 13.5. The Bertz CT molecular complexity index is 1450. The maximum Gasteiger partial charge on any atom is 0.416 e. The first-order valence-corrected chi connectivity index (χ1v) is 11.7. The highest BCUT2D eigenvalue weighted by Crippen LogP contribution is 2.42. The molecular formula is C26H25F3N6O5. The molecule has 0 aliphatic carbocycles. The van der Waals surface area contributed by atoms with Gasteiger partial charge in [-0.25, -0.2) is 9.59 Å². The average molecular weight is 559 g/mol. The maximum atomic E-state index is 13.5. The Kier molecular flexibility index (Phi) is 8.49. The number of alkyl halides is 3. The molecule has 11 nitrogen and oxygen atoms in total. The summed E-state index contributed by atoms with van der Waals surface area (Å²) >= 11 is 0. The molecule has 0 saturated carbocycles. The number of esters is 1. The lowest BCUT2D eigenvalue weighted by molar-refractivity contribution is -0.138. The molecule has 2 aromatic rings. The monoisotopic (exact) mass is 558 g/mol. The van der Waals surface area contributed by atoms with Crippen LogP contribution >= 0.6 is 0 Å². The molecule has 14 heteroatoms. The second-order valence-electron chi connectivity index (χ2n) is 8.78. The number of amides is 3. The highest BCUT2D eigenvalue weighted by Gasteiger charge is 2.45. The molecule has 1 heterocycles. The normalized spacial score (nSPS) is 16.4. The molecule has 0 saturated heterocycles. The number of nitrogens with two attached hydrogens (primary N) is 1. The van der Waals surface area contributed by atoms with Gasteiger partial charge in [-0.3, -0.25) is 20.0 Å². The Morgan fingerprint density at radius 1 is 1.25 bits per heavy atom. The number of allylic oxidation sites excluding steroid dienone is 1. The lowest BCUT2D eigenvalue weighted by atomic mass is 9.88. The molecule has 1 aliphatic rings. The number of aliphatic hydroxyl groups is 1. The summed E-state index contributed by atoms with van der Waals surface area (Å²) in [7, 11) is 1.04. The van der Waals surface area contributed by atoms with Gasteiger partial charge < -0.3 is 20.9 Å². The van der Waals surface area contributed by atoms with Gasteiger partial charge in [0.25, 0.3) is 5.91 Å². The van der Waals surface area contributed by atoms with Crippen LogP contribution < -0.4 is 16.0 Å². The Morgan fingerprint density at radius 2 is 1.93 bits per heavy atom. The number of nitrogens with zero attached hydrogens (tertiary/aromatic N) is 3. The van der Waals surface area contributed by atoms with Gasteiger partial charge in [-0.05, 0) is 49.7 Å². The minimum atomic E-state index is -4.72. The van der Waals surface area contributed by atoms with Gasteiger partial charge in [0.15, 0.2) is 0 Å². The quantitative estimate of drug-likeness (QED) is 0.395. The van der Waals surface area contributed by atoms with Crippen LogP contribution in [0.3, 0.4) is 0 Å². The van der Waals surface area contributed by atoms with Crippen molar-refractivity contribution in [2.45, 2.75) is 32.1 Å². The number of nitrogens with one attached hydrogen (secondary N) is 2. The standard InChI is InChI=1S/C26H25F3N6O5/c1-13(12-36)33-22(37)19-9-15(11-30)7-8-18(19)21-20(23(38)40-3)14(2)34(24(31)35(21)25(32)39)17-6-4-5-16(10-17)26(27,28)29/h4-10,13,21,31,36H,12H2,1-3H3,(H2,32,39)(H,33,37)/t13-,21-/m1/s1. The van der Waals surface area contributed by atoms with Crippen LogP contribution in [0.1, 0.15) is 46.9 Å². The van der Waals surface area contributed by atoms with Gasteiger partial charge in [-0.15, -0.1) is 0 Å². The smallest absolute Gasteiger partial charge is 0.416 e. The van der Waals surface area contributed by atoms with Gasteiger partial charge in [0.1, 0.15) is 6.04 Å². The van der Waals surface area contributed by atoms with Crippen LogP contribution in [0.15, 0.2) is 53.7 Å². The van der Waals surface area contributed by atoms with Crippen LogP contribution in [-0.4, -0.2) is 53.6 Å². The number of primary amides is 1. The van der Waals surface area contributed by atoms with Crippen LogP contribution in [0.4, 0.5) is 23.7 Å². The van der Waals surface area contributed by atoms with E-state index >= 15 is 0 Å². The first kappa shape index (κ1) is 29.7. The summed E-state index contributed by atoms with van der Waals surface area (Å²) < 4.78 is 45.3. The minimum absolute atomic E-state index is 0.0337. The molecule has 2 atom stereocenters. The average Bonchev–Trinajstić information content (AvgIpc) is 2.91. The molecule has 0 bridgehead atoms. The summed E-state index contributed by atoms with van der Waals surface area (Å²) in [6, 6.07) is 6.07. The van der Waals surface area contributed by atoms with E-state index in [2.05, 4.69) is 5.32 Å². The van der Waals surface area contributed by atoms with Gasteiger partial charge >= 0.3 is 18.2 Å². The van der Waals surface area contributed by atoms with E-state index < -0.39 is 54.3 Å². The predicted octanol–water partition coefficient (Wildman–Crippen LogP) is 3.01. The third kappa shape index (κ3) is 5.59. The second-order valence-corrected chi connectivity index (χ2v) is 8.78. The van der Waals surface area contributed by atoms with Crippen molar-refractivity contribution in [2.75, 3.05) is 18.6 Å². The van der Waals surface area contributed by atoms with Gasteiger partial charge in [0, 0.05) is 23.0 Å². The Morgan fingerprint density at radius 3 is 2.48 bits per heavy atom. The molecule has 5 N–H and O–H groups in total. The van der Waals surface area contributed by atoms with E-state index in [9.17, 15) is 37.9 Å². The van der Waals surface area contributed by atoms with Crippen molar-refractivity contribution < 1.29 is 37.4 Å². The number of ether oxygens (including phenoxy) is 1. The highest BCUT2D eigenvalue weighted by atomic mass is 19.4. The third-order valence-corrected chi connectivity index (χ3v) is 6.14. The van der Waals surface area contributed by atoms with Crippen LogP contribution in [0, 0.1) is 16.7 Å². The highest BCUT2D eigenvalue weighted by molar-refractivity contribution is 6.11. The molecule has 210 valence electrons.